The Kier molecular flexibility index (Phi) is 12.4. The van der Waals surface area contributed by atoms with Gasteiger partial charge in [-0.2, -0.15) is 0 Å². The largest absolute Gasteiger partial charge is 0.463 e. The Balaban J connectivity index is 2.08. The van der Waals surface area contributed by atoms with Crippen LogP contribution < -0.4 is 14.4 Å². The topological polar surface area (TPSA) is 90.9 Å². The van der Waals surface area contributed by atoms with Gasteiger partial charge in [-0.15, -0.1) is 0 Å². The smallest absolute Gasteiger partial charge is 0.352 e. The molecule has 0 aromatic heterocycles. The number of methoxy groups -OCH3 is 2. The zero-order valence-corrected chi connectivity index (χ0v) is 21.9. The van der Waals surface area contributed by atoms with E-state index in [0.717, 1.165) is 16.7 Å². The van der Waals surface area contributed by atoms with E-state index in [1.165, 1.54) is 6.92 Å². The number of rotatable bonds is 17. The molecule has 0 N–H and O–H groups in total. The van der Waals surface area contributed by atoms with E-state index in [1.807, 2.05) is 66.7 Å². The van der Waals surface area contributed by atoms with Crippen LogP contribution in [0, 0.1) is 0 Å². The van der Waals surface area contributed by atoms with Crippen LogP contribution in [0.25, 0.3) is 0 Å². The van der Waals surface area contributed by atoms with Gasteiger partial charge in [0.05, 0.1) is 26.4 Å². The number of carbonyl (C=O) groups is 1. The van der Waals surface area contributed by atoms with Crippen LogP contribution in [0.2, 0.25) is 0 Å². The third-order valence-corrected chi connectivity index (χ3v) is 5.37. The molecule has 0 aliphatic carbocycles. The Labute approximate surface area is 223 Å². The summed E-state index contributed by atoms with van der Waals surface area (Å²) in [7, 11) is 3.18. The molecular weight excluding hydrogens is 492 g/mol. The molecule has 0 saturated heterocycles. The van der Waals surface area contributed by atoms with Crippen molar-refractivity contribution in [2.75, 3.05) is 54.2 Å². The SMILES string of the molecule is COCCOCOc1c(OOC(C)=O)ccc(C(c2ccccc2)c2ccccc2)c1OCOCCOC. The fourth-order valence-electron chi connectivity index (χ4n) is 3.69. The van der Waals surface area contributed by atoms with Crippen molar-refractivity contribution in [3.8, 4) is 17.2 Å². The number of hydrogen-bond donors (Lipinski definition) is 0. The maximum atomic E-state index is 11.5. The lowest BCUT2D eigenvalue weighted by Crippen LogP contribution is -2.15. The van der Waals surface area contributed by atoms with Gasteiger partial charge in [-0.05, 0) is 17.2 Å². The molecule has 3 rings (SSSR count). The molecule has 204 valence electrons. The monoisotopic (exact) mass is 526 g/mol. The Bertz CT molecular complexity index is 1050. The second kappa shape index (κ2) is 16.3. The van der Waals surface area contributed by atoms with E-state index in [9.17, 15) is 4.79 Å². The van der Waals surface area contributed by atoms with E-state index in [0.29, 0.717) is 32.2 Å². The summed E-state index contributed by atoms with van der Waals surface area (Å²) < 4.78 is 33.4. The highest BCUT2D eigenvalue weighted by Gasteiger charge is 2.27. The Morgan fingerprint density at radius 3 is 1.71 bits per heavy atom. The molecule has 0 amide bonds. The number of carbonyl (C=O) groups excluding carboxylic acids is 1. The van der Waals surface area contributed by atoms with Crippen LogP contribution in [0.15, 0.2) is 72.8 Å². The fraction of sp³-hybridized carbons (Fsp3) is 0.345. The molecule has 0 bridgehead atoms. The molecule has 0 atom stereocenters. The van der Waals surface area contributed by atoms with E-state index < -0.39 is 5.97 Å². The molecule has 0 saturated carbocycles. The highest BCUT2D eigenvalue weighted by atomic mass is 17.2. The van der Waals surface area contributed by atoms with Crippen molar-refractivity contribution in [2.24, 2.45) is 0 Å². The lowest BCUT2D eigenvalue weighted by Gasteiger charge is -2.24. The lowest BCUT2D eigenvalue weighted by molar-refractivity contribution is -0.211. The highest BCUT2D eigenvalue weighted by Crippen LogP contribution is 2.46. The van der Waals surface area contributed by atoms with E-state index in [-0.39, 0.29) is 31.0 Å². The van der Waals surface area contributed by atoms with Crippen LogP contribution in [0.4, 0.5) is 0 Å². The van der Waals surface area contributed by atoms with Gasteiger partial charge in [-0.25, -0.2) is 4.79 Å². The van der Waals surface area contributed by atoms with E-state index in [2.05, 4.69) is 0 Å². The van der Waals surface area contributed by atoms with Crippen molar-refractivity contribution in [3.63, 3.8) is 0 Å². The third kappa shape index (κ3) is 8.74. The zero-order chi connectivity index (χ0) is 27.0. The van der Waals surface area contributed by atoms with Gasteiger partial charge in [0.15, 0.2) is 19.3 Å². The molecule has 9 heteroatoms. The summed E-state index contributed by atoms with van der Waals surface area (Å²) in [4.78, 5) is 21.6. The molecule has 0 aliphatic rings. The maximum Gasteiger partial charge on any atom is 0.352 e. The van der Waals surface area contributed by atoms with Gasteiger partial charge in [-0.3, -0.25) is 9.78 Å². The highest BCUT2D eigenvalue weighted by molar-refractivity contribution is 5.66. The normalized spacial score (nSPS) is 10.8. The summed E-state index contributed by atoms with van der Waals surface area (Å²) in [6, 6.07) is 23.6. The minimum atomic E-state index is -0.617. The molecule has 0 unspecified atom stereocenters. The summed E-state index contributed by atoms with van der Waals surface area (Å²) in [5, 5.41) is 0. The molecule has 0 aliphatic heterocycles. The second-order valence-electron chi connectivity index (χ2n) is 8.05. The average Bonchev–Trinajstić information content (AvgIpc) is 2.94. The maximum absolute atomic E-state index is 11.5. The van der Waals surface area contributed by atoms with Gasteiger partial charge < -0.3 is 28.4 Å². The number of ether oxygens (including phenoxy) is 6. The summed E-state index contributed by atoms with van der Waals surface area (Å²) in [5.41, 5.74) is 2.87. The second-order valence-corrected chi connectivity index (χ2v) is 8.05. The van der Waals surface area contributed by atoms with Gasteiger partial charge >= 0.3 is 5.97 Å². The van der Waals surface area contributed by atoms with Crippen molar-refractivity contribution in [2.45, 2.75) is 12.8 Å². The first kappa shape index (κ1) is 28.9. The first-order chi connectivity index (χ1) is 18.7. The standard InChI is InChI=1S/C29H34O9/c1-22(30)37-38-26-15-14-25(27(23-10-6-4-7-11-23)24-12-8-5-9-13-24)28(35-20-33-18-16-31-2)29(26)36-21-34-19-17-32-3/h4-15,27H,16-21H2,1-3H3. The number of hydrogen-bond acceptors (Lipinski definition) is 9. The van der Waals surface area contributed by atoms with Crippen molar-refractivity contribution in [1.82, 2.24) is 0 Å². The fourth-order valence-corrected chi connectivity index (χ4v) is 3.69. The van der Waals surface area contributed by atoms with Crippen LogP contribution >= 0.6 is 0 Å². The molecule has 3 aromatic rings. The first-order valence-corrected chi connectivity index (χ1v) is 12.2. The van der Waals surface area contributed by atoms with Crippen molar-refractivity contribution in [3.05, 3.63) is 89.5 Å². The molecular formula is C29H34O9. The predicted octanol–water partition coefficient (Wildman–Crippen LogP) is 4.72. The zero-order valence-electron chi connectivity index (χ0n) is 21.9. The van der Waals surface area contributed by atoms with Crippen molar-refractivity contribution in [1.29, 1.82) is 0 Å². The van der Waals surface area contributed by atoms with Gasteiger partial charge in [0.1, 0.15) is 0 Å². The van der Waals surface area contributed by atoms with Gasteiger partial charge in [0, 0.05) is 32.6 Å². The van der Waals surface area contributed by atoms with Crippen molar-refractivity contribution >= 4 is 5.97 Å². The Morgan fingerprint density at radius 1 is 0.684 bits per heavy atom. The minimum absolute atomic E-state index is 0.0788. The van der Waals surface area contributed by atoms with E-state index in [4.69, 9.17) is 38.2 Å². The van der Waals surface area contributed by atoms with Crippen LogP contribution in [0.5, 0.6) is 17.2 Å². The Morgan fingerprint density at radius 2 is 1.21 bits per heavy atom. The van der Waals surface area contributed by atoms with Gasteiger partial charge in [0.25, 0.3) is 0 Å². The van der Waals surface area contributed by atoms with Crippen LogP contribution in [0.1, 0.15) is 29.5 Å². The molecule has 0 spiro atoms. The quantitative estimate of drug-likeness (QED) is 0.0814. The average molecular weight is 527 g/mol. The van der Waals surface area contributed by atoms with E-state index in [1.54, 1.807) is 20.3 Å². The van der Waals surface area contributed by atoms with Crippen LogP contribution in [-0.4, -0.2) is 60.2 Å². The summed E-state index contributed by atoms with van der Waals surface area (Å²) >= 11 is 0. The van der Waals surface area contributed by atoms with Crippen LogP contribution in [0.3, 0.4) is 0 Å². The summed E-state index contributed by atoms with van der Waals surface area (Å²) in [6.07, 6.45) is 0. The van der Waals surface area contributed by atoms with Gasteiger partial charge in [-0.1, -0.05) is 66.7 Å². The Hall–Kier alpha value is -3.63. The van der Waals surface area contributed by atoms with Gasteiger partial charge in [0.2, 0.25) is 11.5 Å². The molecule has 0 heterocycles. The summed E-state index contributed by atoms with van der Waals surface area (Å²) in [5.74, 6) is -0.126. The predicted molar refractivity (Wildman–Crippen MR) is 139 cm³/mol. The van der Waals surface area contributed by atoms with Crippen LogP contribution in [-0.2, 0) is 28.6 Å². The molecule has 38 heavy (non-hydrogen) atoms. The molecule has 0 fully saturated rings. The molecule has 9 nitrogen and oxygen atoms in total. The number of benzene rings is 3. The summed E-state index contributed by atoms with van der Waals surface area (Å²) in [6.45, 7) is 2.52. The lowest BCUT2D eigenvalue weighted by atomic mass is 9.84. The third-order valence-electron chi connectivity index (χ3n) is 5.37. The molecule has 0 radical (unpaired) electrons. The first-order valence-electron chi connectivity index (χ1n) is 12.2. The molecule has 3 aromatic carbocycles. The minimum Gasteiger partial charge on any atom is -0.463 e. The van der Waals surface area contributed by atoms with Crippen molar-refractivity contribution < 1.29 is 43.0 Å². The van der Waals surface area contributed by atoms with E-state index >= 15 is 0 Å².